The first kappa shape index (κ1) is 18.0. The topological polar surface area (TPSA) is 45.5 Å². The maximum Gasteiger partial charge on any atom is 0.336 e. The third-order valence-corrected chi connectivity index (χ3v) is 4.57. The van der Waals surface area contributed by atoms with E-state index >= 15 is 0 Å². The van der Waals surface area contributed by atoms with Gasteiger partial charge < -0.3 is 9.73 Å². The van der Waals surface area contributed by atoms with Crippen LogP contribution < -0.4 is 10.9 Å². The molecule has 1 unspecified atom stereocenters. The SMILES string of the molecule is Cc1ccc2c(CN(C)C3CCCNCC3)cc(=O)oc2c1.Cl. The standard InChI is InChI=1S/C18H24N2O2.ClH/c1-13-5-6-16-14(11-18(21)22-17(16)10-13)12-20(2)15-4-3-8-19-9-7-15;/h5-6,10-11,15,19H,3-4,7-9,12H2,1-2H3;1H. The summed E-state index contributed by atoms with van der Waals surface area (Å²) in [5.74, 6) is 0. The normalized spacial score (nSPS) is 18.7. The van der Waals surface area contributed by atoms with Crippen molar-refractivity contribution in [3.8, 4) is 0 Å². The predicted octanol–water partition coefficient (Wildman–Crippen LogP) is 3.10. The lowest BCUT2D eigenvalue weighted by Gasteiger charge is -2.27. The average Bonchev–Trinajstić information content (AvgIpc) is 2.75. The summed E-state index contributed by atoms with van der Waals surface area (Å²) in [7, 11) is 2.16. The fourth-order valence-corrected chi connectivity index (χ4v) is 3.31. The lowest BCUT2D eigenvalue weighted by Crippen LogP contribution is -2.32. The quantitative estimate of drug-likeness (QED) is 0.875. The van der Waals surface area contributed by atoms with E-state index in [0.29, 0.717) is 11.6 Å². The Balaban J connectivity index is 0.00000192. The van der Waals surface area contributed by atoms with Crippen molar-refractivity contribution in [2.75, 3.05) is 20.1 Å². The van der Waals surface area contributed by atoms with E-state index in [-0.39, 0.29) is 18.0 Å². The van der Waals surface area contributed by atoms with E-state index in [1.807, 2.05) is 13.0 Å². The van der Waals surface area contributed by atoms with Crippen LogP contribution in [0.4, 0.5) is 0 Å². The van der Waals surface area contributed by atoms with Gasteiger partial charge in [0.05, 0.1) is 0 Å². The minimum absolute atomic E-state index is 0. The van der Waals surface area contributed by atoms with E-state index in [1.54, 1.807) is 6.07 Å². The molecule has 0 radical (unpaired) electrons. The Morgan fingerprint density at radius 3 is 2.91 bits per heavy atom. The van der Waals surface area contributed by atoms with Crippen molar-refractivity contribution in [3.63, 3.8) is 0 Å². The van der Waals surface area contributed by atoms with Gasteiger partial charge >= 0.3 is 5.63 Å². The number of fused-ring (bicyclic) bond motifs is 1. The fraction of sp³-hybridized carbons (Fsp3) is 0.500. The molecule has 1 N–H and O–H groups in total. The van der Waals surface area contributed by atoms with E-state index in [9.17, 15) is 4.79 Å². The molecule has 0 bridgehead atoms. The molecule has 3 rings (SSSR count). The second kappa shape index (κ2) is 7.95. The molecule has 4 nitrogen and oxygen atoms in total. The number of hydrogen-bond acceptors (Lipinski definition) is 4. The van der Waals surface area contributed by atoms with Crippen molar-refractivity contribution in [2.45, 2.75) is 38.8 Å². The summed E-state index contributed by atoms with van der Waals surface area (Å²) in [6.45, 7) is 4.99. The smallest absolute Gasteiger partial charge is 0.336 e. The van der Waals surface area contributed by atoms with Crippen molar-refractivity contribution in [3.05, 3.63) is 45.8 Å². The molecule has 5 heteroatoms. The zero-order valence-corrected chi connectivity index (χ0v) is 14.6. The fourth-order valence-electron chi connectivity index (χ4n) is 3.31. The highest BCUT2D eigenvalue weighted by Gasteiger charge is 2.18. The number of hydrogen-bond donors (Lipinski definition) is 1. The van der Waals surface area contributed by atoms with Crippen LogP contribution in [0.15, 0.2) is 33.5 Å². The summed E-state index contributed by atoms with van der Waals surface area (Å²) in [5, 5.41) is 4.49. The lowest BCUT2D eigenvalue weighted by atomic mass is 10.0. The van der Waals surface area contributed by atoms with Gasteiger partial charge in [0.25, 0.3) is 0 Å². The average molecular weight is 337 g/mol. The molecular weight excluding hydrogens is 312 g/mol. The van der Waals surface area contributed by atoms with Crippen LogP contribution in [-0.4, -0.2) is 31.1 Å². The van der Waals surface area contributed by atoms with Crippen LogP contribution >= 0.6 is 12.4 Å². The van der Waals surface area contributed by atoms with Crippen LogP contribution in [0.25, 0.3) is 11.0 Å². The predicted molar refractivity (Wildman–Crippen MR) is 96.4 cm³/mol. The lowest BCUT2D eigenvalue weighted by molar-refractivity contribution is 0.217. The summed E-state index contributed by atoms with van der Waals surface area (Å²) in [5.41, 5.74) is 2.60. The monoisotopic (exact) mass is 336 g/mol. The van der Waals surface area contributed by atoms with E-state index in [4.69, 9.17) is 4.42 Å². The summed E-state index contributed by atoms with van der Waals surface area (Å²) in [6.07, 6.45) is 3.59. The van der Waals surface area contributed by atoms with Gasteiger partial charge in [-0.05, 0) is 63.5 Å². The Morgan fingerprint density at radius 1 is 1.26 bits per heavy atom. The maximum absolute atomic E-state index is 11.8. The van der Waals surface area contributed by atoms with Gasteiger partial charge in [0, 0.05) is 24.0 Å². The largest absolute Gasteiger partial charge is 0.423 e. The Morgan fingerprint density at radius 2 is 2.09 bits per heavy atom. The van der Waals surface area contributed by atoms with Gasteiger partial charge in [-0.3, -0.25) is 4.90 Å². The van der Waals surface area contributed by atoms with Gasteiger partial charge in [0.1, 0.15) is 5.58 Å². The van der Waals surface area contributed by atoms with Crippen LogP contribution in [0, 0.1) is 6.92 Å². The second-order valence-corrected chi connectivity index (χ2v) is 6.34. The third kappa shape index (κ3) is 4.34. The Bertz CT molecular complexity index is 706. The first-order chi connectivity index (χ1) is 10.6. The molecule has 1 aliphatic heterocycles. The number of benzene rings is 1. The van der Waals surface area contributed by atoms with E-state index in [2.05, 4.69) is 29.4 Å². The first-order valence-corrected chi connectivity index (χ1v) is 8.08. The van der Waals surface area contributed by atoms with Crippen LogP contribution in [0.1, 0.15) is 30.4 Å². The Hall–Kier alpha value is -1.36. The van der Waals surface area contributed by atoms with E-state index in [1.165, 1.54) is 12.8 Å². The highest BCUT2D eigenvalue weighted by atomic mass is 35.5. The molecule has 0 spiro atoms. The van der Waals surface area contributed by atoms with Crippen LogP contribution in [0.3, 0.4) is 0 Å². The molecule has 1 fully saturated rings. The summed E-state index contributed by atoms with van der Waals surface area (Å²) in [4.78, 5) is 14.2. The van der Waals surface area contributed by atoms with Gasteiger partial charge in [-0.1, -0.05) is 12.1 Å². The van der Waals surface area contributed by atoms with Gasteiger partial charge in [-0.2, -0.15) is 0 Å². The Labute approximate surface area is 143 Å². The zero-order chi connectivity index (χ0) is 15.5. The van der Waals surface area contributed by atoms with Crippen LogP contribution in [0.5, 0.6) is 0 Å². The zero-order valence-electron chi connectivity index (χ0n) is 13.8. The van der Waals surface area contributed by atoms with Crippen molar-refractivity contribution >= 4 is 23.4 Å². The molecule has 2 aromatic rings. The highest BCUT2D eigenvalue weighted by Crippen LogP contribution is 2.21. The van der Waals surface area contributed by atoms with E-state index < -0.39 is 0 Å². The van der Waals surface area contributed by atoms with Crippen molar-refractivity contribution < 1.29 is 4.42 Å². The Kier molecular flexibility index (Phi) is 6.22. The molecule has 0 aliphatic carbocycles. The summed E-state index contributed by atoms with van der Waals surface area (Å²) >= 11 is 0. The highest BCUT2D eigenvalue weighted by molar-refractivity contribution is 5.85. The third-order valence-electron chi connectivity index (χ3n) is 4.57. The van der Waals surface area contributed by atoms with Gasteiger partial charge in [0.2, 0.25) is 0 Å². The number of halogens is 1. The van der Waals surface area contributed by atoms with Gasteiger partial charge in [-0.15, -0.1) is 12.4 Å². The molecule has 23 heavy (non-hydrogen) atoms. The van der Waals surface area contributed by atoms with Crippen LogP contribution in [-0.2, 0) is 6.54 Å². The van der Waals surface area contributed by atoms with Gasteiger partial charge in [-0.25, -0.2) is 4.79 Å². The summed E-state index contributed by atoms with van der Waals surface area (Å²) in [6, 6.07) is 8.29. The van der Waals surface area contributed by atoms with Crippen molar-refractivity contribution in [1.82, 2.24) is 10.2 Å². The first-order valence-electron chi connectivity index (χ1n) is 8.08. The molecule has 1 aromatic carbocycles. The number of nitrogens with zero attached hydrogens (tertiary/aromatic N) is 1. The molecule has 1 saturated heterocycles. The van der Waals surface area contributed by atoms with Crippen molar-refractivity contribution in [2.24, 2.45) is 0 Å². The summed E-state index contributed by atoms with van der Waals surface area (Å²) < 4.78 is 5.35. The van der Waals surface area contributed by atoms with Crippen molar-refractivity contribution in [1.29, 1.82) is 0 Å². The molecular formula is C18H25ClN2O2. The van der Waals surface area contributed by atoms with E-state index in [0.717, 1.165) is 42.6 Å². The molecule has 126 valence electrons. The minimum Gasteiger partial charge on any atom is -0.423 e. The minimum atomic E-state index is -0.260. The number of rotatable bonds is 3. The molecule has 0 amide bonds. The molecule has 0 saturated carbocycles. The number of nitrogens with one attached hydrogen (secondary N) is 1. The molecule has 1 aliphatic rings. The second-order valence-electron chi connectivity index (χ2n) is 6.34. The van der Waals surface area contributed by atoms with Crippen LogP contribution in [0.2, 0.25) is 0 Å². The number of aryl methyl sites for hydroxylation is 1. The molecule has 2 heterocycles. The molecule has 1 aromatic heterocycles. The maximum atomic E-state index is 11.8. The molecule has 1 atom stereocenters. The van der Waals surface area contributed by atoms with Gasteiger partial charge in [0.15, 0.2) is 0 Å².